The average Bonchev–Trinajstić information content (AvgIpc) is 2.40. The van der Waals surface area contributed by atoms with Gasteiger partial charge in [0.15, 0.2) is 0 Å². The molecule has 4 aliphatic rings. The third kappa shape index (κ3) is 2.54. The van der Waals surface area contributed by atoms with Crippen molar-refractivity contribution in [3.63, 3.8) is 0 Å². The molecule has 4 nitrogen and oxygen atoms in total. The van der Waals surface area contributed by atoms with Crippen LogP contribution in [0.1, 0.15) is 38.5 Å². The summed E-state index contributed by atoms with van der Waals surface area (Å²) in [4.78, 5) is 14.8. The van der Waals surface area contributed by atoms with Crippen molar-refractivity contribution in [3.8, 4) is 0 Å². The molecule has 2 bridgehead atoms. The molecule has 3 aliphatic heterocycles. The Morgan fingerprint density at radius 2 is 1.94 bits per heavy atom. The molecule has 3 N–H and O–H groups in total. The summed E-state index contributed by atoms with van der Waals surface area (Å²) < 4.78 is 0. The molecular formula is C14H25N3O. The Morgan fingerprint density at radius 1 is 1.17 bits per heavy atom. The Morgan fingerprint density at radius 3 is 2.56 bits per heavy atom. The van der Waals surface area contributed by atoms with E-state index in [0.29, 0.717) is 6.04 Å². The number of fused-ring (bicyclic) bond motifs is 3. The van der Waals surface area contributed by atoms with E-state index in [2.05, 4.69) is 10.2 Å². The van der Waals surface area contributed by atoms with Crippen molar-refractivity contribution in [1.82, 2.24) is 10.2 Å². The molecule has 1 saturated carbocycles. The van der Waals surface area contributed by atoms with E-state index >= 15 is 0 Å². The molecule has 4 fully saturated rings. The van der Waals surface area contributed by atoms with Crippen molar-refractivity contribution < 1.29 is 4.79 Å². The van der Waals surface area contributed by atoms with Gasteiger partial charge in [-0.2, -0.15) is 0 Å². The highest BCUT2D eigenvalue weighted by atomic mass is 16.2. The summed E-state index contributed by atoms with van der Waals surface area (Å²) in [6.45, 7) is 3.52. The van der Waals surface area contributed by atoms with E-state index in [9.17, 15) is 4.79 Å². The molecule has 1 aliphatic carbocycles. The van der Waals surface area contributed by atoms with Crippen LogP contribution in [-0.2, 0) is 4.79 Å². The highest BCUT2D eigenvalue weighted by Gasteiger charge is 2.36. The smallest absolute Gasteiger partial charge is 0.223 e. The third-order valence-electron chi connectivity index (χ3n) is 5.07. The molecule has 0 aromatic rings. The summed E-state index contributed by atoms with van der Waals surface area (Å²) in [7, 11) is 0. The average molecular weight is 251 g/mol. The Hall–Kier alpha value is -0.610. The van der Waals surface area contributed by atoms with Gasteiger partial charge in [0.2, 0.25) is 5.91 Å². The molecule has 0 aromatic carbocycles. The maximum Gasteiger partial charge on any atom is 0.223 e. The predicted molar refractivity (Wildman–Crippen MR) is 71.0 cm³/mol. The Labute approximate surface area is 109 Å². The maximum atomic E-state index is 12.3. The third-order valence-corrected chi connectivity index (χ3v) is 5.07. The van der Waals surface area contributed by atoms with Crippen molar-refractivity contribution in [3.05, 3.63) is 0 Å². The lowest BCUT2D eigenvalue weighted by atomic mass is 9.82. The molecule has 102 valence electrons. The van der Waals surface area contributed by atoms with E-state index < -0.39 is 0 Å². The molecule has 0 aromatic heterocycles. The zero-order valence-corrected chi connectivity index (χ0v) is 11.1. The quantitative estimate of drug-likeness (QED) is 0.760. The van der Waals surface area contributed by atoms with Crippen molar-refractivity contribution >= 4 is 5.91 Å². The number of piperidine rings is 3. The number of nitrogens with zero attached hydrogens (tertiary/aromatic N) is 1. The number of hydrogen-bond donors (Lipinski definition) is 2. The monoisotopic (exact) mass is 251 g/mol. The highest BCUT2D eigenvalue weighted by Crippen LogP contribution is 2.29. The summed E-state index contributed by atoms with van der Waals surface area (Å²) in [5.74, 6) is 1.16. The van der Waals surface area contributed by atoms with Gasteiger partial charge in [-0.25, -0.2) is 0 Å². The summed E-state index contributed by atoms with van der Waals surface area (Å²) in [6, 6.07) is 0.638. The lowest BCUT2D eigenvalue weighted by Crippen LogP contribution is -2.58. The van der Waals surface area contributed by atoms with Crippen LogP contribution >= 0.6 is 0 Å². The molecule has 0 spiro atoms. The topological polar surface area (TPSA) is 58.4 Å². The van der Waals surface area contributed by atoms with Crippen molar-refractivity contribution in [1.29, 1.82) is 0 Å². The van der Waals surface area contributed by atoms with Crippen LogP contribution in [0.2, 0.25) is 0 Å². The first-order valence-corrected chi connectivity index (χ1v) is 7.50. The van der Waals surface area contributed by atoms with Gasteiger partial charge >= 0.3 is 0 Å². The standard InChI is InChI=1S/C14H25N3O/c15-12-3-1-2-11(8-12)14(18)16-13-9-17-6-4-10(13)5-7-17/h10-13H,1-9,15H2,(H,16,18). The van der Waals surface area contributed by atoms with Gasteiger partial charge in [0, 0.05) is 24.5 Å². The molecule has 3 saturated heterocycles. The maximum absolute atomic E-state index is 12.3. The molecule has 4 rings (SSSR count). The zero-order chi connectivity index (χ0) is 12.5. The predicted octanol–water partition coefficient (Wildman–Crippen LogP) is 0.714. The van der Waals surface area contributed by atoms with E-state index in [1.807, 2.05) is 0 Å². The minimum Gasteiger partial charge on any atom is -0.352 e. The fourth-order valence-electron chi connectivity index (χ4n) is 3.89. The van der Waals surface area contributed by atoms with Crippen LogP contribution in [0.3, 0.4) is 0 Å². The highest BCUT2D eigenvalue weighted by molar-refractivity contribution is 5.79. The number of carbonyl (C=O) groups excluding carboxylic acids is 1. The van der Waals surface area contributed by atoms with Gasteiger partial charge in [-0.05, 0) is 51.1 Å². The Bertz CT molecular complexity index is 312. The lowest BCUT2D eigenvalue weighted by molar-refractivity contribution is -0.128. The van der Waals surface area contributed by atoms with E-state index in [1.54, 1.807) is 0 Å². The van der Waals surface area contributed by atoms with Gasteiger partial charge in [-0.3, -0.25) is 4.79 Å². The van der Waals surface area contributed by atoms with Gasteiger partial charge in [0.05, 0.1) is 0 Å². The second-order valence-electron chi connectivity index (χ2n) is 6.38. The molecule has 3 unspecified atom stereocenters. The minimum absolute atomic E-state index is 0.171. The lowest BCUT2D eigenvalue weighted by Gasteiger charge is -2.45. The number of nitrogens with two attached hydrogens (primary N) is 1. The SMILES string of the molecule is NC1CCCC(C(=O)NC2CN3CCC2CC3)C1. The van der Waals surface area contributed by atoms with Crippen LogP contribution in [-0.4, -0.2) is 42.5 Å². The number of hydrogen-bond acceptors (Lipinski definition) is 3. The minimum atomic E-state index is 0.171. The van der Waals surface area contributed by atoms with Crippen LogP contribution in [0.4, 0.5) is 0 Å². The Kier molecular flexibility index (Phi) is 3.57. The number of carbonyl (C=O) groups is 1. The van der Waals surface area contributed by atoms with Crippen LogP contribution in [0.25, 0.3) is 0 Å². The molecule has 3 atom stereocenters. The van der Waals surface area contributed by atoms with Gasteiger partial charge in [-0.15, -0.1) is 0 Å². The van der Waals surface area contributed by atoms with Gasteiger partial charge in [-0.1, -0.05) is 6.42 Å². The number of rotatable bonds is 2. The fourth-order valence-corrected chi connectivity index (χ4v) is 3.89. The summed E-state index contributed by atoms with van der Waals surface area (Å²) in [6.07, 6.45) is 6.63. The van der Waals surface area contributed by atoms with E-state index in [1.165, 1.54) is 25.9 Å². The van der Waals surface area contributed by atoms with Crippen molar-refractivity contribution in [2.45, 2.75) is 50.6 Å². The van der Waals surface area contributed by atoms with E-state index in [4.69, 9.17) is 5.73 Å². The number of nitrogens with one attached hydrogen (secondary N) is 1. The first-order chi connectivity index (χ1) is 8.72. The van der Waals surface area contributed by atoms with Gasteiger partial charge < -0.3 is 16.0 Å². The second kappa shape index (κ2) is 5.17. The second-order valence-corrected chi connectivity index (χ2v) is 6.38. The van der Waals surface area contributed by atoms with Crippen LogP contribution in [0.5, 0.6) is 0 Å². The number of amides is 1. The first-order valence-electron chi connectivity index (χ1n) is 7.50. The van der Waals surface area contributed by atoms with Crippen molar-refractivity contribution in [2.75, 3.05) is 19.6 Å². The molecule has 1 amide bonds. The molecular weight excluding hydrogens is 226 g/mol. The van der Waals surface area contributed by atoms with Crippen LogP contribution < -0.4 is 11.1 Å². The molecule has 18 heavy (non-hydrogen) atoms. The van der Waals surface area contributed by atoms with E-state index in [-0.39, 0.29) is 17.9 Å². The normalized spacial score (nSPS) is 43.7. The van der Waals surface area contributed by atoms with E-state index in [0.717, 1.165) is 38.1 Å². The summed E-state index contributed by atoms with van der Waals surface area (Å²) in [5, 5.41) is 3.30. The summed E-state index contributed by atoms with van der Waals surface area (Å²) in [5.41, 5.74) is 5.97. The fraction of sp³-hybridized carbons (Fsp3) is 0.929. The van der Waals surface area contributed by atoms with Crippen molar-refractivity contribution in [2.24, 2.45) is 17.6 Å². The molecule has 0 radical (unpaired) electrons. The summed E-state index contributed by atoms with van der Waals surface area (Å²) >= 11 is 0. The van der Waals surface area contributed by atoms with Crippen LogP contribution in [0, 0.1) is 11.8 Å². The van der Waals surface area contributed by atoms with Crippen LogP contribution in [0.15, 0.2) is 0 Å². The van der Waals surface area contributed by atoms with Gasteiger partial charge in [0.1, 0.15) is 0 Å². The largest absolute Gasteiger partial charge is 0.352 e. The first kappa shape index (κ1) is 12.4. The Balaban J connectivity index is 1.54. The molecule has 4 heteroatoms. The van der Waals surface area contributed by atoms with Gasteiger partial charge in [0.25, 0.3) is 0 Å². The zero-order valence-electron chi connectivity index (χ0n) is 11.1. The molecule has 3 heterocycles.